The molecule has 132 valence electrons. The summed E-state index contributed by atoms with van der Waals surface area (Å²) < 4.78 is 13.2. The first-order chi connectivity index (χ1) is 13.1. The van der Waals surface area contributed by atoms with Crippen molar-refractivity contribution in [3.8, 4) is 11.3 Å². The lowest BCUT2D eigenvalue weighted by molar-refractivity contribution is 0.0697. The van der Waals surface area contributed by atoms with Crippen LogP contribution in [0.2, 0.25) is 0 Å². The van der Waals surface area contributed by atoms with Crippen LogP contribution < -0.4 is 0 Å². The summed E-state index contributed by atoms with van der Waals surface area (Å²) in [4.78, 5) is 10.9. The highest BCUT2D eigenvalue weighted by atomic mass is 19.1. The zero-order valence-electron chi connectivity index (χ0n) is 14.2. The van der Waals surface area contributed by atoms with Crippen LogP contribution in [-0.2, 0) is 0 Å². The largest absolute Gasteiger partial charge is 0.478 e. The number of aromatic amines is 1. The summed E-state index contributed by atoms with van der Waals surface area (Å²) in [5.41, 5.74) is 4.66. The van der Waals surface area contributed by atoms with Crippen LogP contribution in [-0.4, -0.2) is 21.3 Å². The van der Waals surface area contributed by atoms with Crippen LogP contribution in [0, 0.1) is 5.82 Å². The van der Waals surface area contributed by atoms with Gasteiger partial charge in [-0.1, -0.05) is 30.4 Å². The third-order valence-electron chi connectivity index (χ3n) is 4.33. The molecule has 0 fully saturated rings. The van der Waals surface area contributed by atoms with Crippen molar-refractivity contribution >= 4 is 29.0 Å². The lowest BCUT2D eigenvalue weighted by atomic mass is 10.0. The number of carbonyl (C=O) groups is 1. The Hall–Kier alpha value is -3.73. The van der Waals surface area contributed by atoms with Gasteiger partial charge in [0.1, 0.15) is 5.82 Å². The summed E-state index contributed by atoms with van der Waals surface area (Å²) in [6.07, 6.45) is 3.88. The maximum absolute atomic E-state index is 13.2. The molecule has 2 N–H and O–H groups in total. The summed E-state index contributed by atoms with van der Waals surface area (Å²) in [7, 11) is 0. The molecule has 0 saturated heterocycles. The van der Waals surface area contributed by atoms with Crippen LogP contribution in [0.25, 0.3) is 34.3 Å². The monoisotopic (exact) mass is 358 g/mol. The van der Waals surface area contributed by atoms with Crippen molar-refractivity contribution in [2.45, 2.75) is 0 Å². The van der Waals surface area contributed by atoms with E-state index in [1.165, 1.54) is 12.1 Å². The highest BCUT2D eigenvalue weighted by molar-refractivity contribution is 5.94. The number of hydrogen-bond donors (Lipinski definition) is 2. The first kappa shape index (κ1) is 16.7. The molecule has 4 rings (SSSR count). The van der Waals surface area contributed by atoms with Crippen LogP contribution >= 0.6 is 0 Å². The van der Waals surface area contributed by atoms with E-state index < -0.39 is 5.97 Å². The van der Waals surface area contributed by atoms with Gasteiger partial charge in [-0.05, 0) is 59.7 Å². The molecule has 0 unspecified atom stereocenters. The second-order valence-corrected chi connectivity index (χ2v) is 6.14. The minimum Gasteiger partial charge on any atom is -0.478 e. The first-order valence-electron chi connectivity index (χ1n) is 8.36. The van der Waals surface area contributed by atoms with E-state index in [1.807, 2.05) is 30.4 Å². The Labute approximate surface area is 154 Å². The Morgan fingerprint density at radius 2 is 1.59 bits per heavy atom. The van der Waals surface area contributed by atoms with Gasteiger partial charge in [-0.2, -0.15) is 5.10 Å². The van der Waals surface area contributed by atoms with Crippen molar-refractivity contribution < 1.29 is 14.3 Å². The number of nitrogens with zero attached hydrogens (tertiary/aromatic N) is 1. The fourth-order valence-electron chi connectivity index (χ4n) is 2.89. The maximum Gasteiger partial charge on any atom is 0.335 e. The van der Waals surface area contributed by atoms with Crippen molar-refractivity contribution in [3.05, 3.63) is 89.2 Å². The van der Waals surface area contributed by atoms with Gasteiger partial charge in [-0.3, -0.25) is 5.10 Å². The third kappa shape index (κ3) is 3.48. The van der Waals surface area contributed by atoms with E-state index in [9.17, 15) is 9.18 Å². The maximum atomic E-state index is 13.2. The van der Waals surface area contributed by atoms with Gasteiger partial charge in [0, 0.05) is 10.9 Å². The Morgan fingerprint density at radius 3 is 2.30 bits per heavy atom. The normalized spacial score (nSPS) is 11.3. The Balaban J connectivity index is 1.65. The molecule has 1 heterocycles. The lowest BCUT2D eigenvalue weighted by Gasteiger charge is -2.00. The Kier molecular flexibility index (Phi) is 4.26. The number of aromatic carboxylic acids is 1. The van der Waals surface area contributed by atoms with Gasteiger partial charge in [-0.15, -0.1) is 0 Å². The molecule has 0 radical (unpaired) electrons. The molecule has 0 aliphatic carbocycles. The fourth-order valence-corrected chi connectivity index (χ4v) is 2.89. The highest BCUT2D eigenvalue weighted by Gasteiger charge is 2.08. The van der Waals surface area contributed by atoms with Gasteiger partial charge in [-0.25, -0.2) is 9.18 Å². The van der Waals surface area contributed by atoms with E-state index in [-0.39, 0.29) is 11.4 Å². The van der Waals surface area contributed by atoms with Crippen LogP contribution in [0.4, 0.5) is 4.39 Å². The van der Waals surface area contributed by atoms with Crippen LogP contribution in [0.3, 0.4) is 0 Å². The number of H-pyrrole nitrogens is 1. The molecule has 4 aromatic rings. The highest BCUT2D eigenvalue weighted by Crippen LogP contribution is 2.27. The molecule has 0 spiro atoms. The SMILES string of the molecule is O=C(O)c1ccc(/C=C/c2ccc3[nH]nc(-c4ccc(F)cc4)c3c2)cc1. The topological polar surface area (TPSA) is 66.0 Å². The van der Waals surface area contributed by atoms with Crippen molar-refractivity contribution in [1.29, 1.82) is 0 Å². The van der Waals surface area contributed by atoms with E-state index in [0.29, 0.717) is 0 Å². The number of hydrogen-bond acceptors (Lipinski definition) is 2. The summed E-state index contributed by atoms with van der Waals surface area (Å²) >= 11 is 0. The Morgan fingerprint density at radius 1 is 0.926 bits per heavy atom. The van der Waals surface area contributed by atoms with Gasteiger partial charge < -0.3 is 5.11 Å². The van der Waals surface area contributed by atoms with Crippen molar-refractivity contribution in [1.82, 2.24) is 10.2 Å². The molecule has 1 aromatic heterocycles. The number of carboxylic acid groups (broad SMARTS) is 1. The number of halogens is 1. The van der Waals surface area contributed by atoms with E-state index in [2.05, 4.69) is 10.2 Å². The van der Waals surface area contributed by atoms with E-state index in [1.54, 1.807) is 36.4 Å². The number of nitrogens with one attached hydrogen (secondary N) is 1. The summed E-state index contributed by atoms with van der Waals surface area (Å²) in [5.74, 6) is -1.22. The molecule has 3 aromatic carbocycles. The average Bonchev–Trinajstić information content (AvgIpc) is 3.10. The average molecular weight is 358 g/mol. The van der Waals surface area contributed by atoms with Crippen molar-refractivity contribution in [2.24, 2.45) is 0 Å². The smallest absolute Gasteiger partial charge is 0.335 e. The van der Waals surface area contributed by atoms with E-state index >= 15 is 0 Å². The summed E-state index contributed by atoms with van der Waals surface area (Å²) in [6.45, 7) is 0. The van der Waals surface area contributed by atoms with Crippen molar-refractivity contribution in [2.75, 3.05) is 0 Å². The minimum atomic E-state index is -0.940. The van der Waals surface area contributed by atoms with Gasteiger partial charge >= 0.3 is 5.97 Å². The molecular weight excluding hydrogens is 343 g/mol. The molecule has 0 atom stereocenters. The van der Waals surface area contributed by atoms with E-state index in [0.717, 1.165) is 33.3 Å². The first-order valence-corrected chi connectivity index (χ1v) is 8.36. The van der Waals surface area contributed by atoms with Gasteiger partial charge in [0.05, 0.1) is 16.8 Å². The zero-order valence-corrected chi connectivity index (χ0v) is 14.2. The number of aromatic nitrogens is 2. The quantitative estimate of drug-likeness (QED) is 0.491. The molecule has 0 aliphatic rings. The van der Waals surface area contributed by atoms with Crippen LogP contribution in [0.5, 0.6) is 0 Å². The number of carboxylic acids is 1. The molecule has 5 heteroatoms. The molecule has 0 aliphatic heterocycles. The predicted molar refractivity (Wildman–Crippen MR) is 104 cm³/mol. The van der Waals surface area contributed by atoms with Gasteiger partial charge in [0.15, 0.2) is 0 Å². The standard InChI is InChI=1S/C22H15FN2O2/c23-18-10-8-16(9-11-18)21-19-13-15(5-12-20(19)24-25-21)2-1-14-3-6-17(7-4-14)22(26)27/h1-13H,(H,24,25)(H,26,27)/b2-1+. The minimum absolute atomic E-state index is 0.260. The Bertz CT molecular complexity index is 1140. The molecule has 27 heavy (non-hydrogen) atoms. The van der Waals surface area contributed by atoms with Crippen LogP contribution in [0.15, 0.2) is 66.7 Å². The van der Waals surface area contributed by atoms with Crippen molar-refractivity contribution in [3.63, 3.8) is 0 Å². The third-order valence-corrected chi connectivity index (χ3v) is 4.33. The number of rotatable bonds is 4. The molecule has 0 saturated carbocycles. The lowest BCUT2D eigenvalue weighted by Crippen LogP contribution is -1.94. The number of fused-ring (bicyclic) bond motifs is 1. The van der Waals surface area contributed by atoms with Gasteiger partial charge in [0.2, 0.25) is 0 Å². The molecule has 0 amide bonds. The zero-order chi connectivity index (χ0) is 18.8. The second-order valence-electron chi connectivity index (χ2n) is 6.14. The second kappa shape index (κ2) is 6.88. The predicted octanol–water partition coefficient (Wildman–Crippen LogP) is 5.24. The molecule has 4 nitrogen and oxygen atoms in total. The molecule has 0 bridgehead atoms. The summed E-state index contributed by atoms with van der Waals surface area (Å²) in [5, 5.41) is 17.2. The van der Waals surface area contributed by atoms with Gasteiger partial charge in [0.25, 0.3) is 0 Å². The summed E-state index contributed by atoms with van der Waals surface area (Å²) in [6, 6.07) is 18.9. The molecular formula is C22H15FN2O2. The van der Waals surface area contributed by atoms with E-state index in [4.69, 9.17) is 5.11 Å². The fraction of sp³-hybridized carbons (Fsp3) is 0. The van der Waals surface area contributed by atoms with Crippen LogP contribution in [0.1, 0.15) is 21.5 Å². The number of benzene rings is 3.